The maximum atomic E-state index is 12.2. The fraction of sp³-hybridized carbons (Fsp3) is 0.467. The lowest BCUT2D eigenvalue weighted by Crippen LogP contribution is -2.41. The minimum Gasteiger partial charge on any atom is -0.326 e. The van der Waals surface area contributed by atoms with E-state index in [4.69, 9.17) is 16.9 Å². The fourth-order valence-corrected chi connectivity index (χ4v) is 2.58. The number of hydrogen-bond acceptors (Lipinski definition) is 3. The number of benzene rings is 1. The van der Waals surface area contributed by atoms with Gasteiger partial charge in [0, 0.05) is 30.2 Å². The number of halogens is 1. The van der Waals surface area contributed by atoms with E-state index in [0.717, 1.165) is 38.2 Å². The van der Waals surface area contributed by atoms with Crippen LogP contribution in [0, 0.1) is 17.2 Å². The third-order valence-corrected chi connectivity index (χ3v) is 3.78. The highest BCUT2D eigenvalue weighted by molar-refractivity contribution is 6.30. The minimum absolute atomic E-state index is 0.00174. The monoisotopic (exact) mass is 291 g/mol. The van der Waals surface area contributed by atoms with E-state index in [1.165, 1.54) is 0 Å². The lowest BCUT2D eigenvalue weighted by Gasteiger charge is -2.31. The summed E-state index contributed by atoms with van der Waals surface area (Å²) in [4.78, 5) is 14.4. The first-order valence-corrected chi connectivity index (χ1v) is 7.22. The Morgan fingerprint density at radius 2 is 2.20 bits per heavy atom. The van der Waals surface area contributed by atoms with Crippen LogP contribution in [0.2, 0.25) is 5.02 Å². The van der Waals surface area contributed by atoms with Gasteiger partial charge in [0.2, 0.25) is 5.91 Å². The minimum atomic E-state index is -0.00174. The first-order valence-electron chi connectivity index (χ1n) is 6.85. The molecule has 1 aliphatic heterocycles. The van der Waals surface area contributed by atoms with E-state index in [9.17, 15) is 4.79 Å². The number of nitrogens with zero attached hydrogens (tertiary/aromatic N) is 2. The van der Waals surface area contributed by atoms with Gasteiger partial charge in [-0.05, 0) is 43.7 Å². The first-order chi connectivity index (χ1) is 9.69. The number of hydrogen-bond donors (Lipinski definition) is 1. The van der Waals surface area contributed by atoms with Crippen LogP contribution in [0.4, 0.5) is 5.69 Å². The van der Waals surface area contributed by atoms with Crippen molar-refractivity contribution >= 4 is 23.2 Å². The third kappa shape index (κ3) is 4.22. The Morgan fingerprint density at radius 3 is 2.90 bits per heavy atom. The lowest BCUT2D eigenvalue weighted by molar-refractivity contribution is -0.121. The number of piperidine rings is 1. The van der Waals surface area contributed by atoms with Gasteiger partial charge in [-0.1, -0.05) is 11.6 Å². The molecule has 1 N–H and O–H groups in total. The molecule has 1 fully saturated rings. The Morgan fingerprint density at radius 1 is 1.45 bits per heavy atom. The van der Waals surface area contributed by atoms with E-state index < -0.39 is 0 Å². The van der Waals surface area contributed by atoms with Crippen molar-refractivity contribution in [2.75, 3.05) is 25.0 Å². The van der Waals surface area contributed by atoms with Crippen LogP contribution in [0.1, 0.15) is 19.3 Å². The van der Waals surface area contributed by atoms with Gasteiger partial charge in [0.05, 0.1) is 12.0 Å². The SMILES string of the molecule is N#CCCN1CCCC(C(=O)Nc2ccc(Cl)cc2)C1. The van der Waals surface area contributed by atoms with Crippen LogP contribution in [0.25, 0.3) is 0 Å². The molecule has 20 heavy (non-hydrogen) atoms. The zero-order valence-electron chi connectivity index (χ0n) is 11.3. The van der Waals surface area contributed by atoms with Crippen molar-refractivity contribution < 1.29 is 4.79 Å². The highest BCUT2D eigenvalue weighted by Crippen LogP contribution is 2.20. The van der Waals surface area contributed by atoms with Gasteiger partial charge in [-0.25, -0.2) is 0 Å². The van der Waals surface area contributed by atoms with Crippen LogP contribution in [-0.2, 0) is 4.79 Å². The van der Waals surface area contributed by atoms with Gasteiger partial charge in [-0.2, -0.15) is 5.26 Å². The number of anilines is 1. The molecule has 1 unspecified atom stereocenters. The van der Waals surface area contributed by atoms with Crippen LogP contribution < -0.4 is 5.32 Å². The molecule has 1 aromatic rings. The number of rotatable bonds is 4. The normalized spacial score (nSPS) is 19.3. The summed E-state index contributed by atoms with van der Waals surface area (Å²) in [7, 11) is 0. The Bertz CT molecular complexity index is 495. The number of carbonyl (C=O) groups is 1. The largest absolute Gasteiger partial charge is 0.326 e. The van der Waals surface area contributed by atoms with E-state index in [1.807, 2.05) is 0 Å². The summed E-state index contributed by atoms with van der Waals surface area (Å²) < 4.78 is 0. The standard InChI is InChI=1S/C15H18ClN3O/c16-13-4-6-14(7-5-13)18-15(20)12-3-1-9-19(11-12)10-2-8-17/h4-7,12H,1-3,9-11H2,(H,18,20). The molecule has 0 bridgehead atoms. The van der Waals surface area contributed by atoms with Crippen LogP contribution in [0.15, 0.2) is 24.3 Å². The molecule has 2 rings (SSSR count). The number of nitrogens with one attached hydrogen (secondary N) is 1. The molecule has 0 aromatic heterocycles. The van der Waals surface area contributed by atoms with Crippen molar-refractivity contribution in [2.45, 2.75) is 19.3 Å². The lowest BCUT2D eigenvalue weighted by atomic mass is 9.97. The van der Waals surface area contributed by atoms with Crippen LogP contribution in [-0.4, -0.2) is 30.4 Å². The molecule has 0 aliphatic carbocycles. The second-order valence-corrected chi connectivity index (χ2v) is 5.48. The quantitative estimate of drug-likeness (QED) is 0.928. The van der Waals surface area contributed by atoms with E-state index in [-0.39, 0.29) is 11.8 Å². The molecule has 5 heteroatoms. The molecule has 1 amide bonds. The zero-order valence-corrected chi connectivity index (χ0v) is 12.1. The third-order valence-electron chi connectivity index (χ3n) is 3.53. The molecular formula is C15H18ClN3O. The highest BCUT2D eigenvalue weighted by atomic mass is 35.5. The van der Waals surface area contributed by atoms with Crippen molar-refractivity contribution in [3.63, 3.8) is 0 Å². The Kier molecular flexibility index (Phi) is 5.40. The van der Waals surface area contributed by atoms with Gasteiger partial charge in [-0.15, -0.1) is 0 Å². The van der Waals surface area contributed by atoms with Gasteiger partial charge in [0.25, 0.3) is 0 Å². The average Bonchev–Trinajstić information content (AvgIpc) is 2.48. The summed E-state index contributed by atoms with van der Waals surface area (Å²) in [6.45, 7) is 2.47. The first kappa shape index (κ1) is 14.8. The van der Waals surface area contributed by atoms with E-state index >= 15 is 0 Å². The summed E-state index contributed by atoms with van der Waals surface area (Å²) in [6, 6.07) is 9.28. The highest BCUT2D eigenvalue weighted by Gasteiger charge is 2.25. The van der Waals surface area contributed by atoms with Crippen molar-refractivity contribution in [3.05, 3.63) is 29.3 Å². The molecule has 0 spiro atoms. The maximum Gasteiger partial charge on any atom is 0.228 e. The summed E-state index contributed by atoms with van der Waals surface area (Å²) in [5.74, 6) is 0.0482. The van der Waals surface area contributed by atoms with Crippen molar-refractivity contribution in [1.29, 1.82) is 5.26 Å². The molecule has 4 nitrogen and oxygen atoms in total. The van der Waals surface area contributed by atoms with Gasteiger partial charge >= 0.3 is 0 Å². The topological polar surface area (TPSA) is 56.1 Å². The van der Waals surface area contributed by atoms with Gasteiger partial charge in [0.1, 0.15) is 0 Å². The second kappa shape index (κ2) is 7.28. The summed E-state index contributed by atoms with van der Waals surface area (Å²) in [5, 5.41) is 12.2. The molecule has 1 aromatic carbocycles. The van der Waals surface area contributed by atoms with Gasteiger partial charge in [0.15, 0.2) is 0 Å². The predicted octanol–water partition coefficient (Wildman–Crippen LogP) is 2.90. The van der Waals surface area contributed by atoms with Crippen molar-refractivity contribution in [2.24, 2.45) is 5.92 Å². The van der Waals surface area contributed by atoms with Crippen molar-refractivity contribution in [3.8, 4) is 6.07 Å². The van der Waals surface area contributed by atoms with E-state index in [0.29, 0.717) is 11.4 Å². The molecule has 1 atom stereocenters. The molecule has 0 saturated carbocycles. The molecule has 106 valence electrons. The molecule has 1 saturated heterocycles. The summed E-state index contributed by atoms with van der Waals surface area (Å²) in [5.41, 5.74) is 0.772. The van der Waals surface area contributed by atoms with Crippen LogP contribution in [0.3, 0.4) is 0 Å². The number of amides is 1. The number of nitriles is 1. The van der Waals surface area contributed by atoms with E-state index in [2.05, 4.69) is 16.3 Å². The van der Waals surface area contributed by atoms with Crippen LogP contribution in [0.5, 0.6) is 0 Å². The smallest absolute Gasteiger partial charge is 0.228 e. The summed E-state index contributed by atoms with van der Waals surface area (Å²) >= 11 is 5.82. The van der Waals surface area contributed by atoms with Crippen molar-refractivity contribution in [1.82, 2.24) is 4.90 Å². The number of carbonyl (C=O) groups excluding carboxylic acids is 1. The molecular weight excluding hydrogens is 274 g/mol. The zero-order chi connectivity index (χ0) is 14.4. The second-order valence-electron chi connectivity index (χ2n) is 5.04. The fourth-order valence-electron chi connectivity index (χ4n) is 2.46. The van der Waals surface area contributed by atoms with Crippen LogP contribution >= 0.6 is 11.6 Å². The van der Waals surface area contributed by atoms with Gasteiger partial charge in [-0.3, -0.25) is 4.79 Å². The van der Waals surface area contributed by atoms with E-state index in [1.54, 1.807) is 24.3 Å². The Labute approximate surface area is 124 Å². The molecule has 0 radical (unpaired) electrons. The Hall–Kier alpha value is -1.57. The maximum absolute atomic E-state index is 12.2. The molecule has 1 heterocycles. The van der Waals surface area contributed by atoms with Gasteiger partial charge < -0.3 is 10.2 Å². The molecule has 1 aliphatic rings. The predicted molar refractivity (Wildman–Crippen MR) is 79.5 cm³/mol. The Balaban J connectivity index is 1.88. The summed E-state index contributed by atoms with van der Waals surface area (Å²) in [6.07, 6.45) is 2.43. The number of likely N-dealkylation sites (tertiary alicyclic amines) is 1. The average molecular weight is 292 g/mol.